The van der Waals surface area contributed by atoms with E-state index in [0.717, 1.165) is 22.2 Å². The number of nitrogens with zero attached hydrogens (tertiary/aromatic N) is 3. The number of imidazole rings is 1. The number of ether oxygens (including phenoxy) is 3. The van der Waals surface area contributed by atoms with Gasteiger partial charge in [-0.05, 0) is 42.0 Å². The van der Waals surface area contributed by atoms with Crippen molar-refractivity contribution in [3.63, 3.8) is 0 Å². The van der Waals surface area contributed by atoms with Crippen LogP contribution in [0.25, 0.3) is 28.3 Å². The second-order valence-electron chi connectivity index (χ2n) is 8.69. The number of para-hydroxylation sites is 2. The van der Waals surface area contributed by atoms with Crippen molar-refractivity contribution in [3.8, 4) is 34.5 Å². The molecule has 2 heterocycles. The SMILES string of the molecule is COc1cc(CNC(=O)CCc2oc(-n3cnc4ccccc43)nc2-c2ccc(Cl)cc2)cc(OC)c1OC. The van der Waals surface area contributed by atoms with Crippen LogP contribution >= 0.6 is 11.6 Å². The van der Waals surface area contributed by atoms with Crippen molar-refractivity contribution >= 4 is 28.5 Å². The van der Waals surface area contributed by atoms with E-state index in [1.54, 1.807) is 56.5 Å². The van der Waals surface area contributed by atoms with E-state index in [1.165, 1.54) is 0 Å². The van der Waals surface area contributed by atoms with Crippen LogP contribution in [0.2, 0.25) is 5.02 Å². The van der Waals surface area contributed by atoms with Crippen LogP contribution in [0.3, 0.4) is 0 Å². The zero-order valence-electron chi connectivity index (χ0n) is 21.7. The van der Waals surface area contributed by atoms with E-state index in [0.29, 0.717) is 52.7 Å². The summed E-state index contributed by atoms with van der Waals surface area (Å²) in [5, 5.41) is 3.57. The number of carbonyl (C=O) groups excluding carboxylic acids is 1. The van der Waals surface area contributed by atoms with Gasteiger partial charge in [-0.15, -0.1) is 0 Å². The lowest BCUT2D eigenvalue weighted by atomic mass is 10.1. The molecule has 0 aliphatic rings. The molecule has 2 aromatic heterocycles. The quantitative estimate of drug-likeness (QED) is 0.243. The van der Waals surface area contributed by atoms with Crippen LogP contribution in [0.15, 0.2) is 71.4 Å². The number of hydrogen-bond acceptors (Lipinski definition) is 7. The van der Waals surface area contributed by atoms with Crippen molar-refractivity contribution in [2.45, 2.75) is 19.4 Å². The lowest BCUT2D eigenvalue weighted by Crippen LogP contribution is -2.23. The lowest BCUT2D eigenvalue weighted by Gasteiger charge is -2.14. The molecule has 0 aliphatic heterocycles. The molecule has 3 aromatic carbocycles. The molecule has 200 valence electrons. The minimum absolute atomic E-state index is 0.142. The molecule has 5 rings (SSSR count). The first-order valence-electron chi connectivity index (χ1n) is 12.2. The van der Waals surface area contributed by atoms with E-state index < -0.39 is 0 Å². The summed E-state index contributed by atoms with van der Waals surface area (Å²) in [5.74, 6) is 1.99. The smallest absolute Gasteiger partial charge is 0.308 e. The number of oxazole rings is 1. The molecule has 0 radical (unpaired) electrons. The van der Waals surface area contributed by atoms with Crippen LogP contribution in [-0.2, 0) is 17.8 Å². The highest BCUT2D eigenvalue weighted by Crippen LogP contribution is 2.38. The van der Waals surface area contributed by atoms with Gasteiger partial charge in [0.05, 0.1) is 32.4 Å². The van der Waals surface area contributed by atoms with Crippen LogP contribution in [0.1, 0.15) is 17.7 Å². The van der Waals surface area contributed by atoms with Gasteiger partial charge >= 0.3 is 6.01 Å². The Morgan fingerprint density at radius 3 is 2.41 bits per heavy atom. The number of methoxy groups -OCH3 is 3. The number of nitrogens with one attached hydrogen (secondary N) is 1. The van der Waals surface area contributed by atoms with Crippen LogP contribution < -0.4 is 19.5 Å². The topological polar surface area (TPSA) is 101 Å². The summed E-state index contributed by atoms with van der Waals surface area (Å²) in [5.41, 5.74) is 4.00. The Morgan fingerprint density at radius 1 is 1.00 bits per heavy atom. The second kappa shape index (κ2) is 11.5. The fourth-order valence-electron chi connectivity index (χ4n) is 4.31. The van der Waals surface area contributed by atoms with Gasteiger partial charge < -0.3 is 23.9 Å². The minimum atomic E-state index is -0.142. The standard InChI is InChI=1S/C29H27ClN4O5/c1-36-24-14-18(15-25(37-2)28(24)38-3)16-31-26(35)13-12-23-27(19-8-10-20(30)11-9-19)33-29(39-23)34-17-32-21-6-4-5-7-22(21)34/h4-11,14-15,17H,12-13,16H2,1-3H3,(H,31,35). The number of fused-ring (bicyclic) bond motifs is 1. The summed E-state index contributed by atoms with van der Waals surface area (Å²) in [6.07, 6.45) is 2.22. The molecule has 10 heteroatoms. The average molecular weight is 547 g/mol. The third kappa shape index (κ3) is 5.53. The third-order valence-corrected chi connectivity index (χ3v) is 6.51. The summed E-state index contributed by atoms with van der Waals surface area (Å²) in [6.45, 7) is 0.294. The Hall–Kier alpha value is -4.50. The summed E-state index contributed by atoms with van der Waals surface area (Å²) in [7, 11) is 4.65. The van der Waals surface area contributed by atoms with Crippen molar-refractivity contribution in [3.05, 3.63) is 83.3 Å². The fraction of sp³-hybridized carbons (Fsp3) is 0.207. The number of carbonyl (C=O) groups is 1. The van der Waals surface area contributed by atoms with Gasteiger partial charge in [0.15, 0.2) is 11.5 Å². The van der Waals surface area contributed by atoms with E-state index in [9.17, 15) is 4.79 Å². The highest BCUT2D eigenvalue weighted by Gasteiger charge is 2.19. The van der Waals surface area contributed by atoms with Gasteiger partial charge in [0, 0.05) is 30.0 Å². The fourth-order valence-corrected chi connectivity index (χ4v) is 4.44. The van der Waals surface area contributed by atoms with Crippen molar-refractivity contribution in [2.24, 2.45) is 0 Å². The molecular weight excluding hydrogens is 520 g/mol. The largest absolute Gasteiger partial charge is 0.493 e. The van der Waals surface area contributed by atoms with Crippen LogP contribution in [-0.4, -0.2) is 41.8 Å². The van der Waals surface area contributed by atoms with Gasteiger partial charge in [0.25, 0.3) is 0 Å². The first-order valence-corrected chi connectivity index (χ1v) is 12.6. The van der Waals surface area contributed by atoms with E-state index in [1.807, 2.05) is 36.4 Å². The van der Waals surface area contributed by atoms with Crippen molar-refractivity contribution in [1.29, 1.82) is 0 Å². The lowest BCUT2D eigenvalue weighted by molar-refractivity contribution is -0.121. The number of hydrogen-bond donors (Lipinski definition) is 1. The first kappa shape index (κ1) is 26.1. The highest BCUT2D eigenvalue weighted by molar-refractivity contribution is 6.30. The number of benzene rings is 3. The summed E-state index contributed by atoms with van der Waals surface area (Å²) < 4.78 is 24.2. The van der Waals surface area contributed by atoms with Gasteiger partial charge in [0.1, 0.15) is 17.8 Å². The molecule has 0 spiro atoms. The molecule has 1 amide bonds. The minimum Gasteiger partial charge on any atom is -0.493 e. The molecule has 0 bridgehead atoms. The molecular formula is C29H27ClN4O5. The number of halogens is 1. The Labute approximate surface area is 230 Å². The molecule has 0 saturated heterocycles. The van der Waals surface area contributed by atoms with Crippen molar-refractivity contribution in [1.82, 2.24) is 19.9 Å². The maximum absolute atomic E-state index is 12.8. The molecule has 5 aromatic rings. The predicted octanol–water partition coefficient (Wildman–Crippen LogP) is 5.61. The monoisotopic (exact) mass is 546 g/mol. The maximum Gasteiger partial charge on any atom is 0.308 e. The Bertz CT molecular complexity index is 1590. The third-order valence-electron chi connectivity index (χ3n) is 6.26. The predicted molar refractivity (Wildman–Crippen MR) is 148 cm³/mol. The Morgan fingerprint density at radius 2 is 1.72 bits per heavy atom. The normalized spacial score (nSPS) is 11.0. The molecule has 0 aliphatic carbocycles. The summed E-state index contributed by atoms with van der Waals surface area (Å²) in [4.78, 5) is 22.0. The number of aryl methyl sites for hydroxylation is 1. The van der Waals surface area contributed by atoms with Crippen molar-refractivity contribution in [2.75, 3.05) is 21.3 Å². The maximum atomic E-state index is 12.8. The number of rotatable bonds is 10. The highest BCUT2D eigenvalue weighted by atomic mass is 35.5. The average Bonchev–Trinajstić information content (AvgIpc) is 3.59. The van der Waals surface area contributed by atoms with E-state index in [4.69, 9.17) is 35.2 Å². The van der Waals surface area contributed by atoms with Gasteiger partial charge in [0.2, 0.25) is 11.7 Å². The van der Waals surface area contributed by atoms with Gasteiger partial charge in [-0.1, -0.05) is 35.9 Å². The van der Waals surface area contributed by atoms with E-state index >= 15 is 0 Å². The second-order valence-corrected chi connectivity index (χ2v) is 9.13. The first-order chi connectivity index (χ1) is 19.0. The number of amides is 1. The zero-order valence-corrected chi connectivity index (χ0v) is 22.5. The molecule has 0 unspecified atom stereocenters. The number of aromatic nitrogens is 3. The Balaban J connectivity index is 1.35. The summed E-state index contributed by atoms with van der Waals surface area (Å²) in [6, 6.07) is 19.1. The van der Waals surface area contributed by atoms with Crippen molar-refractivity contribution < 1.29 is 23.4 Å². The van der Waals surface area contributed by atoms with Crippen LogP contribution in [0.4, 0.5) is 0 Å². The molecule has 0 fully saturated rings. The molecule has 39 heavy (non-hydrogen) atoms. The van der Waals surface area contributed by atoms with E-state index in [-0.39, 0.29) is 12.3 Å². The van der Waals surface area contributed by atoms with Crippen LogP contribution in [0, 0.1) is 0 Å². The van der Waals surface area contributed by atoms with Crippen LogP contribution in [0.5, 0.6) is 17.2 Å². The van der Waals surface area contributed by atoms with E-state index in [2.05, 4.69) is 10.3 Å². The summed E-state index contributed by atoms with van der Waals surface area (Å²) >= 11 is 6.10. The Kier molecular flexibility index (Phi) is 7.69. The molecule has 0 atom stereocenters. The van der Waals surface area contributed by atoms with Gasteiger partial charge in [-0.3, -0.25) is 9.36 Å². The zero-order chi connectivity index (χ0) is 27.4. The molecule has 9 nitrogen and oxygen atoms in total. The molecule has 1 N–H and O–H groups in total. The molecule has 0 saturated carbocycles. The van der Waals surface area contributed by atoms with Gasteiger partial charge in [-0.2, -0.15) is 4.98 Å². The van der Waals surface area contributed by atoms with Gasteiger partial charge in [-0.25, -0.2) is 4.98 Å².